The van der Waals surface area contributed by atoms with Crippen molar-refractivity contribution >= 4 is 0 Å². The minimum atomic E-state index is -0.836. The van der Waals surface area contributed by atoms with Crippen LogP contribution in [-0.4, -0.2) is 46.5 Å². The van der Waals surface area contributed by atoms with Crippen molar-refractivity contribution < 1.29 is 20.1 Å². The molecule has 0 amide bonds. The Labute approximate surface area is 102 Å². The molecule has 17 heavy (non-hydrogen) atoms. The van der Waals surface area contributed by atoms with Crippen LogP contribution in [0.15, 0.2) is 0 Å². The molecule has 2 aliphatic rings. The minimum Gasteiger partial charge on any atom is -0.394 e. The second-order valence-electron chi connectivity index (χ2n) is 5.55. The Hall–Kier alpha value is -0.200. The van der Waals surface area contributed by atoms with Crippen molar-refractivity contribution in [2.45, 2.75) is 50.7 Å². The van der Waals surface area contributed by atoms with Crippen LogP contribution >= 0.6 is 0 Å². The van der Waals surface area contributed by atoms with Gasteiger partial charge in [-0.3, -0.25) is 0 Å². The summed E-state index contributed by atoms with van der Waals surface area (Å²) in [5.74, 6) is 0.398. The van der Waals surface area contributed by atoms with Crippen LogP contribution in [0.2, 0.25) is 0 Å². The second-order valence-corrected chi connectivity index (χ2v) is 5.55. The smallest absolute Gasteiger partial charge is 0.105 e. The predicted octanol–water partition coefficient (Wildman–Crippen LogP) is -0.563. The van der Waals surface area contributed by atoms with Gasteiger partial charge in [0, 0.05) is 6.42 Å². The normalized spacial score (nSPS) is 44.6. The summed E-state index contributed by atoms with van der Waals surface area (Å²) in [6.07, 6.45) is 0.923. The summed E-state index contributed by atoms with van der Waals surface area (Å²) in [6, 6.07) is 0. The van der Waals surface area contributed by atoms with Crippen LogP contribution in [0, 0.1) is 17.8 Å². The van der Waals surface area contributed by atoms with Crippen molar-refractivity contribution in [3.05, 3.63) is 0 Å². The number of ether oxygens (including phenoxy) is 1. The van der Waals surface area contributed by atoms with Gasteiger partial charge < -0.3 is 25.8 Å². The number of nitrogens with two attached hydrogens (primary N) is 1. The quantitative estimate of drug-likeness (QED) is 0.498. The van der Waals surface area contributed by atoms with E-state index in [0.29, 0.717) is 18.8 Å². The van der Waals surface area contributed by atoms with Crippen LogP contribution in [0.25, 0.3) is 0 Å². The maximum Gasteiger partial charge on any atom is 0.105 e. The van der Waals surface area contributed by atoms with Gasteiger partial charge in [0.25, 0.3) is 0 Å². The molecule has 5 N–H and O–H groups in total. The summed E-state index contributed by atoms with van der Waals surface area (Å²) < 4.78 is 5.67. The van der Waals surface area contributed by atoms with Gasteiger partial charge in [-0.25, -0.2) is 0 Å². The highest BCUT2D eigenvalue weighted by Crippen LogP contribution is 2.45. The molecule has 7 atom stereocenters. The third-order valence-corrected chi connectivity index (χ3v) is 4.33. The molecule has 5 nitrogen and oxygen atoms in total. The van der Waals surface area contributed by atoms with Crippen molar-refractivity contribution in [2.75, 3.05) is 6.61 Å². The van der Waals surface area contributed by atoms with E-state index in [4.69, 9.17) is 15.6 Å². The molecule has 0 radical (unpaired) electrons. The van der Waals surface area contributed by atoms with Crippen LogP contribution in [0.4, 0.5) is 0 Å². The summed E-state index contributed by atoms with van der Waals surface area (Å²) in [4.78, 5) is 0. The largest absolute Gasteiger partial charge is 0.394 e. The van der Waals surface area contributed by atoms with Crippen molar-refractivity contribution in [1.82, 2.24) is 0 Å². The van der Waals surface area contributed by atoms with E-state index >= 15 is 0 Å². The van der Waals surface area contributed by atoms with Crippen LogP contribution in [-0.2, 0) is 4.74 Å². The fourth-order valence-electron chi connectivity index (χ4n) is 3.26. The van der Waals surface area contributed by atoms with Crippen LogP contribution in [0.3, 0.4) is 0 Å². The lowest BCUT2D eigenvalue weighted by Crippen LogP contribution is -2.32. The second kappa shape index (κ2) is 5.20. The van der Waals surface area contributed by atoms with Gasteiger partial charge in [0.1, 0.15) is 6.23 Å². The molecule has 5 heteroatoms. The third kappa shape index (κ3) is 2.63. The van der Waals surface area contributed by atoms with Crippen molar-refractivity contribution in [3.63, 3.8) is 0 Å². The van der Waals surface area contributed by atoms with E-state index in [1.54, 1.807) is 0 Å². The van der Waals surface area contributed by atoms with Crippen LogP contribution < -0.4 is 5.73 Å². The third-order valence-electron chi connectivity index (χ3n) is 4.33. The van der Waals surface area contributed by atoms with Gasteiger partial charge in [-0.2, -0.15) is 0 Å². The van der Waals surface area contributed by atoms with Crippen molar-refractivity contribution in [2.24, 2.45) is 23.5 Å². The van der Waals surface area contributed by atoms with Crippen LogP contribution in [0.5, 0.6) is 0 Å². The summed E-state index contributed by atoms with van der Waals surface area (Å²) in [5, 5.41) is 28.4. The zero-order valence-electron chi connectivity index (χ0n) is 10.2. The molecule has 0 bridgehead atoms. The first-order valence-corrected chi connectivity index (χ1v) is 6.41. The predicted molar refractivity (Wildman–Crippen MR) is 61.9 cm³/mol. The molecule has 1 saturated heterocycles. The fraction of sp³-hybridized carbons (Fsp3) is 1.00. The van der Waals surface area contributed by atoms with Gasteiger partial charge in [0.05, 0.1) is 24.9 Å². The van der Waals surface area contributed by atoms with Gasteiger partial charge in [0.2, 0.25) is 0 Å². The molecule has 1 aliphatic heterocycles. The Bertz CT molecular complexity index is 261. The lowest BCUT2D eigenvalue weighted by Gasteiger charge is -2.25. The molecule has 0 aromatic rings. The highest BCUT2D eigenvalue weighted by atomic mass is 16.5. The maximum atomic E-state index is 10.0. The lowest BCUT2D eigenvalue weighted by atomic mass is 9.83. The number of hydrogen-bond acceptors (Lipinski definition) is 5. The van der Waals surface area contributed by atoms with E-state index < -0.39 is 6.23 Å². The first kappa shape index (κ1) is 13.2. The van der Waals surface area contributed by atoms with Gasteiger partial charge in [0.15, 0.2) is 0 Å². The highest BCUT2D eigenvalue weighted by molar-refractivity contribution is 4.97. The number of aliphatic hydroxyl groups excluding tert-OH is 3. The Kier molecular flexibility index (Phi) is 4.05. The first-order valence-electron chi connectivity index (χ1n) is 6.41. The first-order chi connectivity index (χ1) is 8.02. The standard InChI is InChI=1S/C12H23NO4/c1-6(12(13)16)2-8-9-3-7(5-14)17-11(9)4-10(8)15/h6-12,14-16H,2-5,13H2,1H3/t6-,7?,8+,9+,10+,11-,12+/m0/s1. The molecule has 2 rings (SSSR count). The molecule has 100 valence electrons. The molecule has 1 aliphatic carbocycles. The molecule has 1 saturated carbocycles. The average molecular weight is 245 g/mol. The number of hydrogen-bond donors (Lipinski definition) is 4. The molecule has 0 aromatic carbocycles. The van der Waals surface area contributed by atoms with Crippen molar-refractivity contribution in [1.29, 1.82) is 0 Å². The topological polar surface area (TPSA) is 95.9 Å². The fourth-order valence-corrected chi connectivity index (χ4v) is 3.26. The summed E-state index contributed by atoms with van der Waals surface area (Å²) in [6.45, 7) is 1.94. The van der Waals surface area contributed by atoms with E-state index in [1.165, 1.54) is 0 Å². The number of rotatable bonds is 4. The molecule has 0 spiro atoms. The number of fused-ring (bicyclic) bond motifs is 1. The zero-order chi connectivity index (χ0) is 12.6. The Morgan fingerprint density at radius 1 is 1.41 bits per heavy atom. The molecular formula is C12H23NO4. The Balaban J connectivity index is 1.97. The molecule has 1 unspecified atom stereocenters. The zero-order valence-corrected chi connectivity index (χ0v) is 10.2. The Morgan fingerprint density at radius 2 is 2.12 bits per heavy atom. The SMILES string of the molecule is C[C@@H](C[C@@H]1[C@H]2CC(CO)O[C@H]2C[C@H]1O)[C@H](N)O. The van der Waals surface area contributed by atoms with Gasteiger partial charge in [-0.1, -0.05) is 6.92 Å². The average Bonchev–Trinajstić information content (AvgIpc) is 2.78. The Morgan fingerprint density at radius 3 is 2.71 bits per heavy atom. The van der Waals surface area contributed by atoms with E-state index in [-0.39, 0.29) is 36.8 Å². The van der Waals surface area contributed by atoms with E-state index in [2.05, 4.69) is 0 Å². The summed E-state index contributed by atoms with van der Waals surface area (Å²) in [5.41, 5.74) is 5.45. The molecule has 0 aromatic heterocycles. The number of aliphatic hydroxyl groups is 3. The van der Waals surface area contributed by atoms with Gasteiger partial charge in [-0.15, -0.1) is 0 Å². The summed E-state index contributed by atoms with van der Waals surface area (Å²) in [7, 11) is 0. The van der Waals surface area contributed by atoms with E-state index in [9.17, 15) is 10.2 Å². The van der Waals surface area contributed by atoms with Crippen molar-refractivity contribution in [3.8, 4) is 0 Å². The minimum absolute atomic E-state index is 0.0263. The lowest BCUT2D eigenvalue weighted by molar-refractivity contribution is -0.000458. The van der Waals surface area contributed by atoms with E-state index in [1.807, 2.05) is 6.92 Å². The monoisotopic (exact) mass is 245 g/mol. The maximum absolute atomic E-state index is 10.0. The molecule has 2 fully saturated rings. The van der Waals surface area contributed by atoms with Gasteiger partial charge in [-0.05, 0) is 30.6 Å². The highest BCUT2D eigenvalue weighted by Gasteiger charge is 2.49. The van der Waals surface area contributed by atoms with Gasteiger partial charge >= 0.3 is 0 Å². The molecular weight excluding hydrogens is 222 g/mol. The van der Waals surface area contributed by atoms with Crippen LogP contribution in [0.1, 0.15) is 26.2 Å². The molecule has 1 heterocycles. The van der Waals surface area contributed by atoms with E-state index in [0.717, 1.165) is 6.42 Å². The summed E-state index contributed by atoms with van der Waals surface area (Å²) >= 11 is 0.